The number of carbonyl (C=O) groups excluding carboxylic acids is 1. The van der Waals surface area contributed by atoms with Crippen molar-refractivity contribution in [2.24, 2.45) is 7.05 Å². The lowest BCUT2D eigenvalue weighted by Gasteiger charge is -2.11. The molecule has 0 fully saturated rings. The van der Waals surface area contributed by atoms with E-state index in [0.29, 0.717) is 32.1 Å². The van der Waals surface area contributed by atoms with Gasteiger partial charge in [0.2, 0.25) is 0 Å². The molecule has 0 bridgehead atoms. The lowest BCUT2D eigenvalue weighted by atomic mass is 10.2. The number of aromatic nitrogens is 2. The summed E-state index contributed by atoms with van der Waals surface area (Å²) >= 11 is 4.70. The number of hydrogen-bond donors (Lipinski definition) is 1. The normalized spacial score (nSPS) is 10.9. The van der Waals surface area contributed by atoms with Gasteiger partial charge in [0.15, 0.2) is 5.16 Å². The summed E-state index contributed by atoms with van der Waals surface area (Å²) in [6, 6.07) is 4.26. The van der Waals surface area contributed by atoms with Gasteiger partial charge in [0.25, 0.3) is 5.91 Å². The van der Waals surface area contributed by atoms with Crippen molar-refractivity contribution < 1.29 is 13.6 Å². The van der Waals surface area contributed by atoms with E-state index in [0.717, 1.165) is 5.16 Å². The Morgan fingerprint density at radius 1 is 1.36 bits per heavy atom. The molecule has 0 aliphatic rings. The third-order valence-corrected chi connectivity index (χ3v) is 5.69. The first-order valence-corrected chi connectivity index (χ1v) is 8.99. The molecule has 0 radical (unpaired) electrons. The number of imidazole rings is 1. The van der Waals surface area contributed by atoms with E-state index in [1.807, 2.05) is 17.8 Å². The van der Waals surface area contributed by atoms with E-state index >= 15 is 0 Å². The fourth-order valence-electron chi connectivity index (χ4n) is 2.34. The molecule has 0 unspecified atom stereocenters. The predicted molar refractivity (Wildman–Crippen MR) is 97.6 cm³/mol. The average Bonchev–Trinajstić information content (AvgIpc) is 3.05. The fourth-order valence-corrected chi connectivity index (χ4v) is 3.75. The number of nitrogens with zero attached hydrogens (tertiary/aromatic N) is 2. The molecular weight excluding hydrogens is 409 g/mol. The lowest BCUT2D eigenvalue weighted by molar-refractivity contribution is 0.102. The molecule has 3 aromatic rings. The van der Waals surface area contributed by atoms with Crippen LogP contribution < -0.4 is 5.32 Å². The van der Waals surface area contributed by atoms with Gasteiger partial charge in [0, 0.05) is 24.3 Å². The molecule has 1 aromatic carbocycles. The van der Waals surface area contributed by atoms with Gasteiger partial charge in [-0.2, -0.15) is 0 Å². The number of carbonyl (C=O) groups is 1. The molecule has 8 heteroatoms. The molecule has 2 aromatic heterocycles. The number of furan rings is 1. The standard InChI is InChI=1S/C17H15BrFN3O2S/c1-9-14(15(18)10(2)24-9)16(23)21-12-8-11(19)4-5-13(12)25-17-20-6-7-22(17)3/h4-8H,1-3H3,(H,21,23). The number of benzene rings is 1. The summed E-state index contributed by atoms with van der Waals surface area (Å²) in [4.78, 5) is 17.6. The van der Waals surface area contributed by atoms with E-state index in [2.05, 4.69) is 26.2 Å². The van der Waals surface area contributed by atoms with Crippen LogP contribution >= 0.6 is 27.7 Å². The zero-order valence-electron chi connectivity index (χ0n) is 13.8. The van der Waals surface area contributed by atoms with Gasteiger partial charge < -0.3 is 14.3 Å². The summed E-state index contributed by atoms with van der Waals surface area (Å²) in [6.07, 6.45) is 3.50. The molecule has 1 N–H and O–H groups in total. The third-order valence-electron chi connectivity index (χ3n) is 3.58. The number of hydrogen-bond acceptors (Lipinski definition) is 4. The van der Waals surface area contributed by atoms with Gasteiger partial charge in [-0.15, -0.1) is 0 Å². The second-order valence-corrected chi connectivity index (χ2v) is 7.22. The van der Waals surface area contributed by atoms with Crippen molar-refractivity contribution in [1.82, 2.24) is 9.55 Å². The van der Waals surface area contributed by atoms with Crippen LogP contribution in [0.25, 0.3) is 0 Å². The van der Waals surface area contributed by atoms with Crippen molar-refractivity contribution in [3.05, 3.63) is 58.0 Å². The Labute approximate surface area is 156 Å². The second-order valence-electron chi connectivity index (χ2n) is 5.42. The monoisotopic (exact) mass is 423 g/mol. The van der Waals surface area contributed by atoms with Crippen molar-refractivity contribution in [2.75, 3.05) is 5.32 Å². The topological polar surface area (TPSA) is 60.1 Å². The van der Waals surface area contributed by atoms with E-state index in [9.17, 15) is 9.18 Å². The molecule has 0 saturated carbocycles. The van der Waals surface area contributed by atoms with Gasteiger partial charge in [0.05, 0.1) is 15.7 Å². The van der Waals surface area contributed by atoms with E-state index in [4.69, 9.17) is 4.42 Å². The van der Waals surface area contributed by atoms with Crippen LogP contribution in [0.1, 0.15) is 21.9 Å². The van der Waals surface area contributed by atoms with Gasteiger partial charge in [0.1, 0.15) is 17.3 Å². The summed E-state index contributed by atoms with van der Waals surface area (Å²) in [7, 11) is 1.87. The molecule has 0 aliphatic carbocycles. The van der Waals surface area contributed by atoms with Crippen molar-refractivity contribution in [2.45, 2.75) is 23.9 Å². The minimum absolute atomic E-state index is 0.367. The summed E-state index contributed by atoms with van der Waals surface area (Å²) < 4.78 is 21.6. The quantitative estimate of drug-likeness (QED) is 0.645. The van der Waals surface area contributed by atoms with Crippen molar-refractivity contribution in [3.8, 4) is 0 Å². The van der Waals surface area contributed by atoms with Crippen LogP contribution in [0, 0.1) is 19.7 Å². The second kappa shape index (κ2) is 7.05. The molecule has 25 heavy (non-hydrogen) atoms. The maximum atomic E-state index is 13.7. The number of nitrogens with one attached hydrogen (secondary N) is 1. The van der Waals surface area contributed by atoms with Gasteiger partial charge in [-0.25, -0.2) is 9.37 Å². The number of halogens is 2. The summed E-state index contributed by atoms with van der Waals surface area (Å²) in [6.45, 7) is 3.47. The van der Waals surface area contributed by atoms with Gasteiger partial charge in [-0.3, -0.25) is 4.79 Å². The van der Waals surface area contributed by atoms with Crippen molar-refractivity contribution in [3.63, 3.8) is 0 Å². The summed E-state index contributed by atoms with van der Waals surface area (Å²) in [5, 5.41) is 3.50. The minimum atomic E-state index is -0.432. The van der Waals surface area contributed by atoms with Crippen LogP contribution in [-0.2, 0) is 7.05 Å². The third kappa shape index (κ3) is 3.64. The zero-order chi connectivity index (χ0) is 18.1. The molecule has 0 aliphatic heterocycles. The number of rotatable bonds is 4. The average molecular weight is 424 g/mol. The minimum Gasteiger partial charge on any atom is -0.465 e. The molecule has 2 heterocycles. The largest absolute Gasteiger partial charge is 0.465 e. The Bertz CT molecular complexity index is 952. The SMILES string of the molecule is Cc1oc(C)c(C(=O)Nc2cc(F)ccc2Sc2nccn2C)c1Br. The Hall–Kier alpha value is -2.06. The highest BCUT2D eigenvalue weighted by molar-refractivity contribution is 9.10. The van der Waals surface area contributed by atoms with Gasteiger partial charge in [-0.1, -0.05) is 0 Å². The van der Waals surface area contributed by atoms with E-state index in [1.165, 1.54) is 23.9 Å². The first kappa shape index (κ1) is 17.8. The van der Waals surface area contributed by atoms with Gasteiger partial charge >= 0.3 is 0 Å². The molecule has 0 atom stereocenters. The van der Waals surface area contributed by atoms with Crippen LogP contribution in [0.2, 0.25) is 0 Å². The van der Waals surface area contributed by atoms with Crippen LogP contribution in [0.3, 0.4) is 0 Å². The fraction of sp³-hybridized carbons (Fsp3) is 0.176. The molecular formula is C17H15BrFN3O2S. The molecule has 5 nitrogen and oxygen atoms in total. The first-order chi connectivity index (χ1) is 11.9. The van der Waals surface area contributed by atoms with E-state index in [-0.39, 0.29) is 5.91 Å². The highest BCUT2D eigenvalue weighted by atomic mass is 79.9. The Balaban J connectivity index is 1.92. The summed E-state index contributed by atoms with van der Waals surface area (Å²) in [5.41, 5.74) is 0.776. The summed E-state index contributed by atoms with van der Waals surface area (Å²) in [5.74, 6) is 0.313. The smallest absolute Gasteiger partial charge is 0.260 e. The number of aryl methyl sites for hydroxylation is 3. The highest BCUT2D eigenvalue weighted by Crippen LogP contribution is 2.34. The first-order valence-electron chi connectivity index (χ1n) is 7.38. The van der Waals surface area contributed by atoms with Crippen LogP contribution in [0.4, 0.5) is 10.1 Å². The number of anilines is 1. The molecule has 130 valence electrons. The lowest BCUT2D eigenvalue weighted by Crippen LogP contribution is -2.13. The maximum Gasteiger partial charge on any atom is 0.260 e. The van der Waals surface area contributed by atoms with Crippen LogP contribution in [-0.4, -0.2) is 15.5 Å². The van der Waals surface area contributed by atoms with Crippen LogP contribution in [0.5, 0.6) is 0 Å². The Morgan fingerprint density at radius 2 is 2.12 bits per heavy atom. The van der Waals surface area contributed by atoms with Crippen molar-refractivity contribution >= 4 is 39.3 Å². The predicted octanol–water partition coefficient (Wildman–Crippen LogP) is 4.94. The molecule has 1 amide bonds. The molecule has 0 spiro atoms. The zero-order valence-corrected chi connectivity index (χ0v) is 16.2. The van der Waals surface area contributed by atoms with Crippen molar-refractivity contribution in [1.29, 1.82) is 0 Å². The van der Waals surface area contributed by atoms with Crippen LogP contribution in [0.15, 0.2) is 49.5 Å². The molecule has 0 saturated heterocycles. The Morgan fingerprint density at radius 3 is 2.72 bits per heavy atom. The number of amides is 1. The molecule has 3 rings (SSSR count). The Kier molecular flexibility index (Phi) is 5.01. The van der Waals surface area contributed by atoms with Gasteiger partial charge in [-0.05, 0) is 59.7 Å². The highest BCUT2D eigenvalue weighted by Gasteiger charge is 2.21. The maximum absolute atomic E-state index is 13.7. The van der Waals surface area contributed by atoms with E-state index < -0.39 is 5.82 Å². The van der Waals surface area contributed by atoms with E-state index in [1.54, 1.807) is 26.1 Å².